The molecule has 3 N–H and O–H groups in total. The molecule has 174 valence electrons. The topological polar surface area (TPSA) is 133 Å². The van der Waals surface area contributed by atoms with Crippen molar-refractivity contribution in [3.8, 4) is 11.1 Å². The molecule has 0 aliphatic heterocycles. The van der Waals surface area contributed by atoms with Gasteiger partial charge in [-0.25, -0.2) is 14.4 Å². The van der Waals surface area contributed by atoms with Crippen LogP contribution in [0.25, 0.3) is 11.1 Å². The number of rotatable bonds is 8. The van der Waals surface area contributed by atoms with E-state index in [4.69, 9.17) is 36.1 Å². The summed E-state index contributed by atoms with van der Waals surface area (Å²) < 4.78 is 5.64. The van der Waals surface area contributed by atoms with Crippen molar-refractivity contribution in [2.75, 3.05) is 31.6 Å². The Labute approximate surface area is 194 Å². The highest BCUT2D eigenvalue weighted by atomic mass is 35.5. The fraction of sp³-hybridized carbons (Fsp3) is 0.333. The first kappa shape index (κ1) is 27.1. The number of thiophene rings is 1. The molecule has 0 aliphatic rings. The van der Waals surface area contributed by atoms with Crippen LogP contribution in [0.2, 0.25) is 4.34 Å². The van der Waals surface area contributed by atoms with E-state index in [0.29, 0.717) is 20.5 Å². The Kier molecular flexibility index (Phi) is 11.4. The van der Waals surface area contributed by atoms with Gasteiger partial charge in [-0.1, -0.05) is 55.8 Å². The SMILES string of the molecule is CCOC(=O)c1c(NC(=O)CN(CC)CC)sc(Cl)c1-c1ccccc1.O=C(O)C(=O)O. The monoisotopic (exact) mass is 484 g/mol. The van der Waals surface area contributed by atoms with Crippen LogP contribution >= 0.6 is 22.9 Å². The lowest BCUT2D eigenvalue weighted by molar-refractivity contribution is -0.159. The van der Waals surface area contributed by atoms with Crippen LogP contribution < -0.4 is 5.32 Å². The molecule has 1 aromatic carbocycles. The maximum absolute atomic E-state index is 12.6. The van der Waals surface area contributed by atoms with Crippen LogP contribution in [0.4, 0.5) is 5.00 Å². The molecule has 1 aromatic heterocycles. The molecular weight excluding hydrogens is 460 g/mol. The minimum Gasteiger partial charge on any atom is -0.473 e. The molecule has 0 saturated heterocycles. The maximum Gasteiger partial charge on any atom is 0.414 e. The van der Waals surface area contributed by atoms with Gasteiger partial charge in [-0.15, -0.1) is 11.3 Å². The number of likely N-dealkylation sites (N-methyl/N-ethyl adjacent to an activating group) is 1. The fourth-order valence-electron chi connectivity index (χ4n) is 2.57. The number of halogens is 1. The third kappa shape index (κ3) is 7.95. The lowest BCUT2D eigenvalue weighted by Crippen LogP contribution is -2.33. The van der Waals surface area contributed by atoms with Crippen LogP contribution in [0.3, 0.4) is 0 Å². The number of carbonyl (C=O) groups excluding carboxylic acids is 2. The summed E-state index contributed by atoms with van der Waals surface area (Å²) >= 11 is 7.60. The highest BCUT2D eigenvalue weighted by Crippen LogP contribution is 2.43. The molecule has 1 heterocycles. The Hall–Kier alpha value is -2.95. The second kappa shape index (κ2) is 13.5. The van der Waals surface area contributed by atoms with Gasteiger partial charge in [0, 0.05) is 5.56 Å². The van der Waals surface area contributed by atoms with Gasteiger partial charge >= 0.3 is 17.9 Å². The molecular formula is C21H25ClN2O7S. The summed E-state index contributed by atoms with van der Waals surface area (Å²) in [6.07, 6.45) is 0. The average Bonchev–Trinajstić information content (AvgIpc) is 3.08. The number of carboxylic acid groups (broad SMARTS) is 2. The lowest BCUT2D eigenvalue weighted by atomic mass is 10.0. The number of anilines is 1. The number of carbonyl (C=O) groups is 4. The molecule has 0 fully saturated rings. The predicted octanol–water partition coefficient (Wildman–Crippen LogP) is 3.68. The number of benzene rings is 1. The third-order valence-electron chi connectivity index (χ3n) is 4.10. The van der Waals surface area contributed by atoms with E-state index in [1.807, 2.05) is 49.1 Å². The first-order valence-corrected chi connectivity index (χ1v) is 10.9. The Bertz CT molecular complexity index is 931. The van der Waals surface area contributed by atoms with Crippen molar-refractivity contribution in [1.29, 1.82) is 0 Å². The van der Waals surface area contributed by atoms with Crippen molar-refractivity contribution < 1.29 is 34.1 Å². The molecule has 0 saturated carbocycles. The van der Waals surface area contributed by atoms with Gasteiger partial charge in [0.2, 0.25) is 5.91 Å². The molecule has 0 aliphatic carbocycles. The molecule has 0 bridgehead atoms. The van der Waals surface area contributed by atoms with E-state index in [9.17, 15) is 9.59 Å². The van der Waals surface area contributed by atoms with Crippen LogP contribution in [-0.2, 0) is 19.1 Å². The van der Waals surface area contributed by atoms with Gasteiger partial charge in [0.25, 0.3) is 0 Å². The molecule has 1 amide bonds. The number of hydrogen-bond donors (Lipinski definition) is 3. The minimum absolute atomic E-state index is 0.184. The Morgan fingerprint density at radius 1 is 1.03 bits per heavy atom. The summed E-state index contributed by atoms with van der Waals surface area (Å²) in [7, 11) is 0. The second-order valence-electron chi connectivity index (χ2n) is 6.16. The molecule has 0 unspecified atom stereocenters. The van der Waals surface area contributed by atoms with Crippen LogP contribution in [0.1, 0.15) is 31.1 Å². The molecule has 0 atom stereocenters. The van der Waals surface area contributed by atoms with Crippen LogP contribution in [0.5, 0.6) is 0 Å². The fourth-order valence-corrected chi connectivity index (χ4v) is 3.96. The first-order valence-electron chi connectivity index (χ1n) is 9.69. The Balaban J connectivity index is 0.000000751. The van der Waals surface area contributed by atoms with Gasteiger partial charge in [-0.05, 0) is 25.6 Å². The number of esters is 1. The van der Waals surface area contributed by atoms with Gasteiger partial charge in [0.1, 0.15) is 14.9 Å². The lowest BCUT2D eigenvalue weighted by Gasteiger charge is -2.17. The highest BCUT2D eigenvalue weighted by molar-refractivity contribution is 7.21. The standard InChI is InChI=1S/C19H23ClN2O3S.C2H2O4/c1-4-22(5-2)12-14(23)21-18-16(19(24)25-6-3)15(17(20)26-18)13-10-8-7-9-11-13;3-1(4)2(5)6/h7-11H,4-6,12H2,1-3H3,(H,21,23);(H,3,4)(H,5,6). The van der Waals surface area contributed by atoms with Crippen LogP contribution in [0, 0.1) is 0 Å². The number of nitrogens with zero attached hydrogens (tertiary/aromatic N) is 1. The largest absolute Gasteiger partial charge is 0.473 e. The van der Waals surface area contributed by atoms with Gasteiger partial charge in [-0.3, -0.25) is 9.69 Å². The number of hydrogen-bond acceptors (Lipinski definition) is 7. The smallest absolute Gasteiger partial charge is 0.414 e. The molecule has 32 heavy (non-hydrogen) atoms. The van der Waals surface area contributed by atoms with Gasteiger partial charge < -0.3 is 20.3 Å². The quantitative estimate of drug-likeness (QED) is 0.381. The molecule has 9 nitrogen and oxygen atoms in total. The minimum atomic E-state index is -1.82. The molecule has 11 heteroatoms. The second-order valence-corrected chi connectivity index (χ2v) is 7.78. The zero-order valence-corrected chi connectivity index (χ0v) is 19.5. The normalized spacial score (nSPS) is 10.2. The third-order valence-corrected chi connectivity index (χ3v) is 5.42. The number of ether oxygens (including phenoxy) is 1. The van der Waals surface area contributed by atoms with Crippen molar-refractivity contribution in [2.45, 2.75) is 20.8 Å². The highest BCUT2D eigenvalue weighted by Gasteiger charge is 2.26. The summed E-state index contributed by atoms with van der Waals surface area (Å²) in [5.41, 5.74) is 1.70. The molecule has 0 radical (unpaired) electrons. The van der Waals surface area contributed by atoms with Crippen LogP contribution in [-0.4, -0.2) is 65.2 Å². The van der Waals surface area contributed by atoms with Gasteiger partial charge in [0.05, 0.1) is 13.2 Å². The summed E-state index contributed by atoms with van der Waals surface area (Å²) in [5.74, 6) is -4.32. The molecule has 2 rings (SSSR count). The zero-order valence-electron chi connectivity index (χ0n) is 17.9. The number of aliphatic carboxylic acids is 2. The summed E-state index contributed by atoms with van der Waals surface area (Å²) in [6, 6.07) is 9.38. The summed E-state index contributed by atoms with van der Waals surface area (Å²) in [4.78, 5) is 45.1. The van der Waals surface area contributed by atoms with Crippen LogP contribution in [0.15, 0.2) is 30.3 Å². The van der Waals surface area contributed by atoms with Crippen molar-refractivity contribution in [1.82, 2.24) is 4.90 Å². The number of nitrogens with one attached hydrogen (secondary N) is 1. The maximum atomic E-state index is 12.6. The van der Waals surface area contributed by atoms with E-state index in [-0.39, 0.29) is 19.1 Å². The zero-order chi connectivity index (χ0) is 24.3. The van der Waals surface area contributed by atoms with E-state index >= 15 is 0 Å². The first-order chi connectivity index (χ1) is 15.2. The van der Waals surface area contributed by atoms with E-state index < -0.39 is 17.9 Å². The van der Waals surface area contributed by atoms with Gasteiger partial charge in [-0.2, -0.15) is 0 Å². The summed E-state index contributed by atoms with van der Waals surface area (Å²) in [5, 5.41) is 18.0. The molecule has 2 aromatic rings. The van der Waals surface area contributed by atoms with Crippen molar-refractivity contribution in [3.63, 3.8) is 0 Å². The average molecular weight is 485 g/mol. The van der Waals surface area contributed by atoms with E-state index in [0.717, 1.165) is 18.7 Å². The number of carboxylic acids is 2. The van der Waals surface area contributed by atoms with E-state index in [1.54, 1.807) is 6.92 Å². The summed E-state index contributed by atoms with van der Waals surface area (Å²) in [6.45, 7) is 7.78. The Morgan fingerprint density at radius 3 is 2.06 bits per heavy atom. The van der Waals surface area contributed by atoms with E-state index in [2.05, 4.69) is 5.32 Å². The molecule has 0 spiro atoms. The van der Waals surface area contributed by atoms with Crippen molar-refractivity contribution in [3.05, 3.63) is 40.2 Å². The Morgan fingerprint density at radius 2 is 1.59 bits per heavy atom. The van der Waals surface area contributed by atoms with Gasteiger partial charge in [0.15, 0.2) is 0 Å². The van der Waals surface area contributed by atoms with E-state index in [1.165, 1.54) is 11.3 Å². The van der Waals surface area contributed by atoms with Crippen molar-refractivity contribution in [2.24, 2.45) is 0 Å². The predicted molar refractivity (Wildman–Crippen MR) is 122 cm³/mol. The van der Waals surface area contributed by atoms with Crippen molar-refractivity contribution >= 4 is 51.8 Å². The number of amides is 1.